The average Bonchev–Trinajstić information content (AvgIpc) is 2.57. The second kappa shape index (κ2) is 5.84. The molecule has 0 heterocycles. The zero-order valence-corrected chi connectivity index (χ0v) is 10.5. The Bertz CT molecular complexity index is 201. The van der Waals surface area contributed by atoms with Gasteiger partial charge in [-0.1, -0.05) is 31.9 Å². The molecule has 2 atom stereocenters. The first-order valence-electron chi connectivity index (χ1n) is 4.55. The standard InChI is InChI=1S/C10H16O2.Na/c1-3-4-5-8-7(2)9(8)6-10(11)12;/h8-9H,2-6H2,1H3,(H,11,12);/q;+1/p-1/t8-,9+;/m0./s1. The summed E-state index contributed by atoms with van der Waals surface area (Å²) in [5.41, 5.74) is 1.12. The molecule has 0 N–H and O–H groups in total. The molecular formula is C10H15NaO2. The van der Waals surface area contributed by atoms with Crippen molar-refractivity contribution in [1.82, 2.24) is 0 Å². The second-order valence-electron chi connectivity index (χ2n) is 3.51. The second-order valence-corrected chi connectivity index (χ2v) is 3.51. The van der Waals surface area contributed by atoms with Crippen molar-refractivity contribution in [2.45, 2.75) is 32.6 Å². The van der Waals surface area contributed by atoms with Crippen LogP contribution in [0.4, 0.5) is 0 Å². The van der Waals surface area contributed by atoms with Crippen LogP contribution in [0.15, 0.2) is 12.2 Å². The van der Waals surface area contributed by atoms with Gasteiger partial charge in [-0.05, 0) is 24.7 Å². The van der Waals surface area contributed by atoms with Crippen LogP contribution in [0.25, 0.3) is 0 Å². The number of carbonyl (C=O) groups excluding carboxylic acids is 1. The first-order valence-corrected chi connectivity index (χ1v) is 4.55. The zero-order valence-electron chi connectivity index (χ0n) is 8.51. The van der Waals surface area contributed by atoms with E-state index >= 15 is 0 Å². The van der Waals surface area contributed by atoms with Gasteiger partial charge in [0.25, 0.3) is 0 Å². The first-order chi connectivity index (χ1) is 5.66. The summed E-state index contributed by atoms with van der Waals surface area (Å²) in [6.45, 7) is 5.98. The summed E-state index contributed by atoms with van der Waals surface area (Å²) >= 11 is 0. The molecule has 1 saturated carbocycles. The van der Waals surface area contributed by atoms with E-state index in [4.69, 9.17) is 0 Å². The van der Waals surface area contributed by atoms with Gasteiger partial charge in [-0.2, -0.15) is 0 Å². The number of rotatable bonds is 5. The Balaban J connectivity index is 0.00000144. The SMILES string of the molecule is C=C1[C@@H](CC(=O)[O-])[C@H]1CCCC.[Na+]. The van der Waals surface area contributed by atoms with Gasteiger partial charge in [0.15, 0.2) is 0 Å². The molecule has 0 saturated heterocycles. The monoisotopic (exact) mass is 190 g/mol. The number of aliphatic carboxylic acids is 1. The van der Waals surface area contributed by atoms with Crippen molar-refractivity contribution in [2.24, 2.45) is 11.8 Å². The maximum atomic E-state index is 10.3. The van der Waals surface area contributed by atoms with Gasteiger partial charge in [-0.25, -0.2) is 0 Å². The van der Waals surface area contributed by atoms with Crippen LogP contribution in [0.5, 0.6) is 0 Å². The summed E-state index contributed by atoms with van der Waals surface area (Å²) in [7, 11) is 0. The van der Waals surface area contributed by atoms with Crippen LogP contribution >= 0.6 is 0 Å². The number of hydrogen-bond donors (Lipinski definition) is 0. The third kappa shape index (κ3) is 3.84. The number of hydrogen-bond acceptors (Lipinski definition) is 2. The molecule has 68 valence electrons. The molecule has 0 unspecified atom stereocenters. The smallest absolute Gasteiger partial charge is 0.550 e. The van der Waals surface area contributed by atoms with Crippen LogP contribution in [0, 0.1) is 11.8 Å². The number of carboxylic acid groups (broad SMARTS) is 1. The van der Waals surface area contributed by atoms with Gasteiger partial charge in [-0.3, -0.25) is 0 Å². The van der Waals surface area contributed by atoms with Gasteiger partial charge >= 0.3 is 29.6 Å². The van der Waals surface area contributed by atoms with Gasteiger partial charge in [0, 0.05) is 5.97 Å². The fraction of sp³-hybridized carbons (Fsp3) is 0.700. The first kappa shape index (κ1) is 13.2. The minimum atomic E-state index is -0.944. The topological polar surface area (TPSA) is 40.1 Å². The average molecular weight is 190 g/mol. The number of carboxylic acids is 1. The fourth-order valence-corrected chi connectivity index (χ4v) is 1.71. The molecule has 3 heteroatoms. The van der Waals surface area contributed by atoms with Crippen LogP contribution in [-0.2, 0) is 4.79 Å². The molecule has 0 aromatic heterocycles. The van der Waals surface area contributed by atoms with E-state index in [0.29, 0.717) is 5.92 Å². The van der Waals surface area contributed by atoms with E-state index in [-0.39, 0.29) is 41.9 Å². The minimum absolute atomic E-state index is 0. The van der Waals surface area contributed by atoms with Gasteiger partial charge in [-0.15, -0.1) is 0 Å². The van der Waals surface area contributed by atoms with E-state index in [1.165, 1.54) is 12.8 Å². The Labute approximate surface area is 102 Å². The van der Waals surface area contributed by atoms with E-state index in [1.807, 2.05) is 0 Å². The predicted octanol–water partition coefficient (Wildman–Crippen LogP) is -1.88. The summed E-state index contributed by atoms with van der Waals surface area (Å²) < 4.78 is 0. The minimum Gasteiger partial charge on any atom is -0.550 e. The quantitative estimate of drug-likeness (QED) is 0.376. The summed E-state index contributed by atoms with van der Waals surface area (Å²) in [4.78, 5) is 10.3. The van der Waals surface area contributed by atoms with Crippen molar-refractivity contribution in [2.75, 3.05) is 0 Å². The van der Waals surface area contributed by atoms with E-state index in [0.717, 1.165) is 12.0 Å². The third-order valence-corrected chi connectivity index (χ3v) is 2.58. The molecule has 0 amide bonds. The van der Waals surface area contributed by atoms with Crippen LogP contribution in [-0.4, -0.2) is 5.97 Å². The van der Waals surface area contributed by atoms with Crippen LogP contribution < -0.4 is 34.7 Å². The molecule has 1 rings (SSSR count). The van der Waals surface area contributed by atoms with Crippen molar-refractivity contribution in [3.05, 3.63) is 12.2 Å². The summed E-state index contributed by atoms with van der Waals surface area (Å²) in [6, 6.07) is 0. The summed E-state index contributed by atoms with van der Waals surface area (Å²) in [5, 5.41) is 10.3. The molecular weight excluding hydrogens is 175 g/mol. The molecule has 0 spiro atoms. The van der Waals surface area contributed by atoms with Gasteiger partial charge < -0.3 is 9.90 Å². The molecule has 0 aliphatic heterocycles. The van der Waals surface area contributed by atoms with Crippen molar-refractivity contribution in [1.29, 1.82) is 0 Å². The van der Waals surface area contributed by atoms with Gasteiger partial charge in [0.1, 0.15) is 0 Å². The van der Waals surface area contributed by atoms with Gasteiger partial charge in [0.05, 0.1) is 0 Å². The molecule has 1 aliphatic rings. The fourth-order valence-electron chi connectivity index (χ4n) is 1.71. The molecule has 2 nitrogen and oxygen atoms in total. The van der Waals surface area contributed by atoms with E-state index in [1.54, 1.807) is 0 Å². The molecule has 13 heavy (non-hydrogen) atoms. The Morgan fingerprint density at radius 3 is 2.62 bits per heavy atom. The molecule has 0 bridgehead atoms. The molecule has 1 fully saturated rings. The summed E-state index contributed by atoms with van der Waals surface area (Å²) in [6.07, 6.45) is 3.62. The molecule has 0 aromatic carbocycles. The Hall–Kier alpha value is 0.210. The third-order valence-electron chi connectivity index (χ3n) is 2.58. The largest absolute Gasteiger partial charge is 1.00 e. The van der Waals surface area contributed by atoms with Crippen molar-refractivity contribution in [3.8, 4) is 0 Å². The number of allylic oxidation sites excluding steroid dienone is 1. The maximum absolute atomic E-state index is 10.3. The van der Waals surface area contributed by atoms with Crippen molar-refractivity contribution >= 4 is 5.97 Å². The number of unbranched alkanes of at least 4 members (excludes halogenated alkanes) is 1. The zero-order chi connectivity index (χ0) is 9.14. The Kier molecular flexibility index (Phi) is 5.93. The van der Waals surface area contributed by atoms with Crippen molar-refractivity contribution in [3.63, 3.8) is 0 Å². The number of carbonyl (C=O) groups is 1. The molecule has 0 aromatic rings. The van der Waals surface area contributed by atoms with E-state index in [2.05, 4.69) is 13.5 Å². The van der Waals surface area contributed by atoms with E-state index in [9.17, 15) is 9.90 Å². The normalized spacial score (nSPS) is 25.2. The van der Waals surface area contributed by atoms with Crippen LogP contribution in [0.1, 0.15) is 32.6 Å². The van der Waals surface area contributed by atoms with Gasteiger partial charge in [0.2, 0.25) is 0 Å². The van der Waals surface area contributed by atoms with Crippen LogP contribution in [0.2, 0.25) is 0 Å². The Morgan fingerprint density at radius 1 is 1.54 bits per heavy atom. The maximum Gasteiger partial charge on any atom is 1.00 e. The van der Waals surface area contributed by atoms with Crippen LogP contribution in [0.3, 0.4) is 0 Å². The predicted molar refractivity (Wildman–Crippen MR) is 45.3 cm³/mol. The van der Waals surface area contributed by atoms with Crippen molar-refractivity contribution < 1.29 is 39.5 Å². The molecule has 1 aliphatic carbocycles. The van der Waals surface area contributed by atoms with E-state index < -0.39 is 5.97 Å². The molecule has 0 radical (unpaired) electrons. The Morgan fingerprint density at radius 2 is 2.15 bits per heavy atom. The summed E-state index contributed by atoms with van der Waals surface area (Å²) in [5.74, 6) is -0.246.